The summed E-state index contributed by atoms with van der Waals surface area (Å²) in [6.07, 6.45) is 1.59. The highest BCUT2D eigenvalue weighted by Gasteiger charge is 2.02. The molecule has 0 unspecified atom stereocenters. The third-order valence-corrected chi connectivity index (χ3v) is 4.13. The first-order valence-electron chi connectivity index (χ1n) is 7.57. The molecule has 6 heteroatoms. The van der Waals surface area contributed by atoms with Crippen LogP contribution in [0.2, 0.25) is 0 Å². The van der Waals surface area contributed by atoms with Crippen LogP contribution in [0.1, 0.15) is 17.4 Å². The van der Waals surface area contributed by atoms with Crippen molar-refractivity contribution in [3.63, 3.8) is 0 Å². The van der Waals surface area contributed by atoms with Crippen molar-refractivity contribution in [3.8, 4) is 0 Å². The van der Waals surface area contributed by atoms with E-state index in [4.69, 9.17) is 0 Å². The molecule has 0 saturated heterocycles. The maximum absolute atomic E-state index is 13.5. The van der Waals surface area contributed by atoms with Crippen LogP contribution in [0.4, 0.5) is 4.39 Å². The highest BCUT2D eigenvalue weighted by Crippen LogP contribution is 2.09. The van der Waals surface area contributed by atoms with Crippen LogP contribution in [0, 0.1) is 5.82 Å². The molecule has 0 spiro atoms. The molecule has 0 aliphatic rings. The molecule has 0 radical (unpaired) electrons. The lowest BCUT2D eigenvalue weighted by molar-refractivity contribution is 0.606. The summed E-state index contributed by atoms with van der Waals surface area (Å²) in [5.74, 6) is 0.638. The molecule has 0 bridgehead atoms. The van der Waals surface area contributed by atoms with E-state index in [0.717, 1.165) is 31.0 Å². The Bertz CT molecular complexity index is 587. The molecule has 2 rings (SSSR count). The maximum atomic E-state index is 13.5. The lowest BCUT2D eigenvalue weighted by Crippen LogP contribution is -2.38. The van der Waals surface area contributed by atoms with Gasteiger partial charge in [-0.05, 0) is 36.4 Å². The normalized spacial score (nSPS) is 11.0. The minimum atomic E-state index is -0.149. The molecule has 0 fully saturated rings. The van der Waals surface area contributed by atoms with E-state index in [1.54, 1.807) is 17.4 Å². The van der Waals surface area contributed by atoms with Crippen molar-refractivity contribution < 1.29 is 4.39 Å². The van der Waals surface area contributed by atoms with Gasteiger partial charge in [-0.1, -0.05) is 24.3 Å². The fraction of sp³-hybridized carbons (Fsp3) is 0.353. The summed E-state index contributed by atoms with van der Waals surface area (Å²) in [6.45, 7) is 4.25. The molecule has 0 atom stereocenters. The van der Waals surface area contributed by atoms with E-state index >= 15 is 0 Å². The number of hydrogen-bond acceptors (Lipinski definition) is 2. The molecular formula is C17H23FIN3S. The van der Waals surface area contributed by atoms with Crippen molar-refractivity contribution in [1.82, 2.24) is 10.6 Å². The van der Waals surface area contributed by atoms with E-state index in [2.05, 4.69) is 33.1 Å². The van der Waals surface area contributed by atoms with Crippen molar-refractivity contribution in [3.05, 3.63) is 58.0 Å². The number of nitrogens with one attached hydrogen (secondary N) is 2. The molecule has 0 aliphatic heterocycles. The number of nitrogens with zero attached hydrogens (tertiary/aromatic N) is 1. The topological polar surface area (TPSA) is 36.4 Å². The van der Waals surface area contributed by atoms with Crippen LogP contribution in [-0.4, -0.2) is 25.6 Å². The molecule has 0 amide bonds. The van der Waals surface area contributed by atoms with E-state index < -0.39 is 0 Å². The summed E-state index contributed by atoms with van der Waals surface area (Å²) in [6, 6.07) is 11.1. The first-order valence-corrected chi connectivity index (χ1v) is 8.45. The van der Waals surface area contributed by atoms with Gasteiger partial charge in [-0.25, -0.2) is 4.39 Å². The number of hydrogen-bond donors (Lipinski definition) is 2. The van der Waals surface area contributed by atoms with Gasteiger partial charge in [0, 0.05) is 30.9 Å². The second kappa shape index (κ2) is 11.4. The lowest BCUT2D eigenvalue weighted by atomic mass is 10.1. The first-order chi connectivity index (χ1) is 10.8. The van der Waals surface area contributed by atoms with Crippen LogP contribution in [0.5, 0.6) is 0 Å². The van der Waals surface area contributed by atoms with Crippen LogP contribution in [0.25, 0.3) is 0 Å². The Balaban J connectivity index is 0.00000264. The SMILES string of the molecule is CCNC(=NCCc1cccs1)NCCc1ccccc1F.I. The Labute approximate surface area is 158 Å². The molecule has 1 aromatic heterocycles. The number of rotatable bonds is 7. The van der Waals surface area contributed by atoms with Gasteiger partial charge < -0.3 is 10.6 Å². The van der Waals surface area contributed by atoms with Crippen LogP contribution in [0.15, 0.2) is 46.8 Å². The minimum Gasteiger partial charge on any atom is -0.357 e. The minimum absolute atomic E-state index is 0. The van der Waals surface area contributed by atoms with Gasteiger partial charge in [-0.15, -0.1) is 35.3 Å². The van der Waals surface area contributed by atoms with Crippen molar-refractivity contribution in [2.24, 2.45) is 4.99 Å². The summed E-state index contributed by atoms with van der Waals surface area (Å²) < 4.78 is 13.5. The predicted octanol–water partition coefficient (Wildman–Crippen LogP) is 3.85. The van der Waals surface area contributed by atoms with Gasteiger partial charge >= 0.3 is 0 Å². The predicted molar refractivity (Wildman–Crippen MR) is 108 cm³/mol. The molecule has 0 saturated carbocycles. The van der Waals surface area contributed by atoms with Crippen molar-refractivity contribution in [2.45, 2.75) is 19.8 Å². The average molecular weight is 447 g/mol. The molecule has 1 heterocycles. The van der Waals surface area contributed by atoms with Gasteiger partial charge in [-0.3, -0.25) is 4.99 Å². The second-order valence-electron chi connectivity index (χ2n) is 4.86. The quantitative estimate of drug-likeness (QED) is 0.385. The number of halogens is 2. The fourth-order valence-corrected chi connectivity index (χ4v) is 2.79. The Hall–Kier alpha value is -1.15. The van der Waals surface area contributed by atoms with Crippen LogP contribution < -0.4 is 10.6 Å². The van der Waals surface area contributed by atoms with Crippen molar-refractivity contribution >= 4 is 41.3 Å². The highest BCUT2D eigenvalue weighted by atomic mass is 127. The zero-order chi connectivity index (χ0) is 15.6. The number of guanidine groups is 1. The monoisotopic (exact) mass is 447 g/mol. The van der Waals surface area contributed by atoms with Crippen molar-refractivity contribution in [2.75, 3.05) is 19.6 Å². The molecule has 2 aromatic rings. The largest absolute Gasteiger partial charge is 0.357 e. The van der Waals surface area contributed by atoms with E-state index in [1.165, 1.54) is 10.9 Å². The van der Waals surface area contributed by atoms with Crippen molar-refractivity contribution in [1.29, 1.82) is 0 Å². The molecule has 126 valence electrons. The third kappa shape index (κ3) is 7.30. The number of aliphatic imine (C=N–C) groups is 1. The molecule has 23 heavy (non-hydrogen) atoms. The number of thiophene rings is 1. The Kier molecular flexibility index (Phi) is 9.86. The standard InChI is InChI=1S/C17H22FN3S.HI/c1-2-19-17(21-12-10-15-7-5-13-22-15)20-11-9-14-6-3-4-8-16(14)18;/h3-8,13H,2,9-12H2,1H3,(H2,19,20,21);1H. The van der Waals surface area contributed by atoms with Crippen LogP contribution in [-0.2, 0) is 12.8 Å². The lowest BCUT2D eigenvalue weighted by Gasteiger charge is -2.11. The average Bonchev–Trinajstić information content (AvgIpc) is 3.02. The fourth-order valence-electron chi connectivity index (χ4n) is 2.09. The molecular weight excluding hydrogens is 424 g/mol. The second-order valence-corrected chi connectivity index (χ2v) is 5.89. The van der Waals surface area contributed by atoms with Gasteiger partial charge in [0.1, 0.15) is 5.82 Å². The summed E-state index contributed by atoms with van der Waals surface area (Å²) >= 11 is 1.75. The Morgan fingerprint density at radius 1 is 1.13 bits per heavy atom. The van der Waals surface area contributed by atoms with Crippen LogP contribution >= 0.6 is 35.3 Å². The molecule has 2 N–H and O–H groups in total. The van der Waals surface area contributed by atoms with Gasteiger partial charge in [0.25, 0.3) is 0 Å². The first kappa shape index (κ1) is 19.9. The molecule has 1 aromatic carbocycles. The van der Waals surface area contributed by atoms with Gasteiger partial charge in [-0.2, -0.15) is 0 Å². The summed E-state index contributed by atoms with van der Waals surface area (Å²) in [5.41, 5.74) is 0.726. The third-order valence-electron chi connectivity index (χ3n) is 3.20. The van der Waals surface area contributed by atoms with E-state index in [0.29, 0.717) is 13.0 Å². The summed E-state index contributed by atoms with van der Waals surface area (Å²) in [4.78, 5) is 5.89. The van der Waals surface area contributed by atoms with Gasteiger partial charge in [0.2, 0.25) is 0 Å². The van der Waals surface area contributed by atoms with E-state index in [9.17, 15) is 4.39 Å². The zero-order valence-electron chi connectivity index (χ0n) is 13.2. The number of benzene rings is 1. The van der Waals surface area contributed by atoms with Crippen LogP contribution in [0.3, 0.4) is 0 Å². The summed E-state index contributed by atoms with van der Waals surface area (Å²) in [7, 11) is 0. The zero-order valence-corrected chi connectivity index (χ0v) is 16.4. The molecule has 0 aliphatic carbocycles. The maximum Gasteiger partial charge on any atom is 0.191 e. The molecule has 3 nitrogen and oxygen atoms in total. The Morgan fingerprint density at radius 3 is 2.65 bits per heavy atom. The van der Waals surface area contributed by atoms with E-state index in [-0.39, 0.29) is 29.8 Å². The van der Waals surface area contributed by atoms with Gasteiger partial charge in [0.15, 0.2) is 5.96 Å². The van der Waals surface area contributed by atoms with Gasteiger partial charge in [0.05, 0.1) is 0 Å². The Morgan fingerprint density at radius 2 is 1.96 bits per heavy atom. The van der Waals surface area contributed by atoms with E-state index in [1.807, 2.05) is 19.1 Å². The summed E-state index contributed by atoms with van der Waals surface area (Å²) in [5, 5.41) is 8.54. The highest BCUT2D eigenvalue weighted by molar-refractivity contribution is 14.0. The smallest absolute Gasteiger partial charge is 0.191 e.